The van der Waals surface area contributed by atoms with Crippen molar-refractivity contribution in [2.24, 2.45) is 0 Å². The first kappa shape index (κ1) is 18.3. The van der Waals surface area contributed by atoms with Gasteiger partial charge in [-0.2, -0.15) is 0 Å². The normalized spacial score (nSPS) is 13.3. The van der Waals surface area contributed by atoms with Crippen LogP contribution in [-0.2, 0) is 0 Å². The molecule has 2 amide bonds. The lowest BCUT2D eigenvalue weighted by atomic mass is 10.1. The number of halogens is 1. The predicted molar refractivity (Wildman–Crippen MR) is 110 cm³/mol. The molecule has 28 heavy (non-hydrogen) atoms. The van der Waals surface area contributed by atoms with Crippen LogP contribution in [0.5, 0.6) is 5.75 Å². The van der Waals surface area contributed by atoms with Crippen molar-refractivity contribution in [2.75, 3.05) is 23.4 Å². The Morgan fingerprint density at radius 1 is 1.25 bits per heavy atom. The van der Waals surface area contributed by atoms with E-state index >= 15 is 0 Å². The molecule has 7 heteroatoms. The Morgan fingerprint density at radius 2 is 2.14 bits per heavy atom. The third kappa shape index (κ3) is 3.77. The van der Waals surface area contributed by atoms with Crippen LogP contribution in [0.4, 0.5) is 16.3 Å². The van der Waals surface area contributed by atoms with Crippen molar-refractivity contribution in [3.63, 3.8) is 0 Å². The van der Waals surface area contributed by atoms with Gasteiger partial charge in [0.05, 0.1) is 12.3 Å². The number of benzene rings is 1. The Kier molecular flexibility index (Phi) is 5.12. The molecule has 2 aromatic heterocycles. The molecule has 0 bridgehead atoms. The average Bonchev–Trinajstić information content (AvgIpc) is 2.91. The summed E-state index contributed by atoms with van der Waals surface area (Å²) in [5.74, 6) is 1.09. The van der Waals surface area contributed by atoms with E-state index in [0.29, 0.717) is 36.2 Å². The summed E-state index contributed by atoms with van der Waals surface area (Å²) in [6.07, 6.45) is 4.08. The Morgan fingerprint density at radius 3 is 2.96 bits per heavy atom. The minimum atomic E-state index is -0.253. The Hall–Kier alpha value is -3.12. The van der Waals surface area contributed by atoms with Gasteiger partial charge in [-0.1, -0.05) is 23.7 Å². The maximum Gasteiger partial charge on any atom is 0.327 e. The number of hydrogen-bond acceptors (Lipinski definition) is 4. The standard InChI is InChI=1S/C21H19ClN4O2/c1-14-13-23-9-8-17(14)25-21(27)26-10-3-11-28-19-7-6-18(24-20(19)26)15-4-2-5-16(22)12-15/h2,4-9,12-13H,3,10-11H2,1H3,(H,23,25,27). The van der Waals surface area contributed by atoms with E-state index in [1.807, 2.05) is 43.3 Å². The summed E-state index contributed by atoms with van der Waals surface area (Å²) in [6.45, 7) is 2.94. The van der Waals surface area contributed by atoms with Crippen molar-refractivity contribution in [2.45, 2.75) is 13.3 Å². The topological polar surface area (TPSA) is 67.4 Å². The van der Waals surface area contributed by atoms with Crippen LogP contribution in [0.1, 0.15) is 12.0 Å². The number of nitrogens with zero attached hydrogens (tertiary/aromatic N) is 3. The SMILES string of the molecule is Cc1cnccc1NC(=O)N1CCCOc2ccc(-c3cccc(Cl)c3)nc21. The van der Waals surface area contributed by atoms with Crippen molar-refractivity contribution >= 4 is 29.1 Å². The molecular weight excluding hydrogens is 376 g/mol. The van der Waals surface area contributed by atoms with Gasteiger partial charge in [-0.15, -0.1) is 0 Å². The van der Waals surface area contributed by atoms with Gasteiger partial charge in [0.2, 0.25) is 0 Å². The van der Waals surface area contributed by atoms with Gasteiger partial charge in [-0.25, -0.2) is 9.78 Å². The van der Waals surface area contributed by atoms with E-state index in [9.17, 15) is 4.79 Å². The summed E-state index contributed by atoms with van der Waals surface area (Å²) in [4.78, 5) is 23.4. The second-order valence-electron chi connectivity index (χ2n) is 6.50. The molecule has 3 aromatic rings. The average molecular weight is 395 g/mol. The number of rotatable bonds is 2. The monoisotopic (exact) mass is 394 g/mol. The Balaban J connectivity index is 1.69. The van der Waals surface area contributed by atoms with E-state index in [1.54, 1.807) is 23.4 Å². The molecule has 0 saturated carbocycles. The number of fused-ring (bicyclic) bond motifs is 1. The molecule has 142 valence electrons. The van der Waals surface area contributed by atoms with E-state index in [-0.39, 0.29) is 6.03 Å². The van der Waals surface area contributed by atoms with E-state index in [0.717, 1.165) is 22.5 Å². The van der Waals surface area contributed by atoms with Gasteiger partial charge in [-0.3, -0.25) is 9.88 Å². The largest absolute Gasteiger partial charge is 0.490 e. The predicted octanol–water partition coefficient (Wildman–Crippen LogP) is 4.93. The summed E-state index contributed by atoms with van der Waals surface area (Å²) in [6, 6.07) is 12.7. The second kappa shape index (κ2) is 7.86. The van der Waals surface area contributed by atoms with Crippen molar-refractivity contribution in [1.29, 1.82) is 0 Å². The number of pyridine rings is 2. The molecule has 6 nitrogen and oxygen atoms in total. The summed E-state index contributed by atoms with van der Waals surface area (Å²) < 4.78 is 5.80. The fourth-order valence-corrected chi connectivity index (χ4v) is 3.25. The first-order valence-corrected chi connectivity index (χ1v) is 9.38. The van der Waals surface area contributed by atoms with E-state index in [4.69, 9.17) is 21.3 Å². The van der Waals surface area contributed by atoms with Crippen LogP contribution in [0.3, 0.4) is 0 Å². The van der Waals surface area contributed by atoms with Crippen molar-refractivity contribution < 1.29 is 9.53 Å². The lowest BCUT2D eigenvalue weighted by Gasteiger charge is -2.22. The van der Waals surface area contributed by atoms with Gasteiger partial charge < -0.3 is 10.1 Å². The Labute approximate surface area is 168 Å². The van der Waals surface area contributed by atoms with Crippen molar-refractivity contribution in [1.82, 2.24) is 9.97 Å². The number of ether oxygens (including phenoxy) is 1. The fourth-order valence-electron chi connectivity index (χ4n) is 3.05. The summed E-state index contributed by atoms with van der Waals surface area (Å²) in [5, 5.41) is 3.58. The van der Waals surface area contributed by atoms with Crippen LogP contribution < -0.4 is 15.0 Å². The highest BCUT2D eigenvalue weighted by Gasteiger charge is 2.25. The Bertz CT molecular complexity index is 1020. The molecule has 0 radical (unpaired) electrons. The minimum Gasteiger partial charge on any atom is -0.490 e. The van der Waals surface area contributed by atoms with Gasteiger partial charge in [0.15, 0.2) is 11.6 Å². The van der Waals surface area contributed by atoms with Gasteiger partial charge in [0, 0.05) is 35.2 Å². The zero-order chi connectivity index (χ0) is 19.5. The van der Waals surface area contributed by atoms with Crippen LogP contribution in [0.15, 0.2) is 54.9 Å². The number of carbonyl (C=O) groups excluding carboxylic acids is 1. The molecule has 1 aromatic carbocycles. The molecule has 0 atom stereocenters. The summed E-state index contributed by atoms with van der Waals surface area (Å²) in [5.41, 5.74) is 3.22. The van der Waals surface area contributed by atoms with Crippen LogP contribution in [0, 0.1) is 6.92 Å². The van der Waals surface area contributed by atoms with Gasteiger partial charge >= 0.3 is 6.03 Å². The molecule has 1 aliphatic heterocycles. The molecule has 0 aliphatic carbocycles. The lowest BCUT2D eigenvalue weighted by Crippen LogP contribution is -2.36. The summed E-state index contributed by atoms with van der Waals surface area (Å²) >= 11 is 6.12. The number of urea groups is 1. The molecule has 1 N–H and O–H groups in total. The van der Waals surface area contributed by atoms with Crippen LogP contribution >= 0.6 is 11.6 Å². The number of amides is 2. The quantitative estimate of drug-likeness (QED) is 0.669. The molecule has 0 fully saturated rings. The zero-order valence-corrected chi connectivity index (χ0v) is 16.1. The van der Waals surface area contributed by atoms with E-state index in [2.05, 4.69) is 10.3 Å². The second-order valence-corrected chi connectivity index (χ2v) is 6.94. The maximum absolute atomic E-state index is 13.0. The molecule has 1 aliphatic rings. The first-order valence-electron chi connectivity index (χ1n) is 9.01. The highest BCUT2D eigenvalue weighted by molar-refractivity contribution is 6.30. The van der Waals surface area contributed by atoms with Gasteiger partial charge in [0.1, 0.15) is 0 Å². The summed E-state index contributed by atoms with van der Waals surface area (Å²) in [7, 11) is 0. The molecular formula is C21H19ClN4O2. The van der Waals surface area contributed by atoms with Crippen molar-refractivity contribution in [3.8, 4) is 17.0 Å². The van der Waals surface area contributed by atoms with Gasteiger partial charge in [-0.05, 0) is 49.2 Å². The fraction of sp³-hybridized carbons (Fsp3) is 0.190. The van der Waals surface area contributed by atoms with Gasteiger partial charge in [0.25, 0.3) is 0 Å². The van der Waals surface area contributed by atoms with Crippen LogP contribution in [-0.4, -0.2) is 29.2 Å². The molecule has 0 saturated heterocycles. The smallest absolute Gasteiger partial charge is 0.327 e. The maximum atomic E-state index is 13.0. The van der Waals surface area contributed by atoms with E-state index < -0.39 is 0 Å². The highest BCUT2D eigenvalue weighted by atomic mass is 35.5. The van der Waals surface area contributed by atoms with Crippen molar-refractivity contribution in [3.05, 3.63) is 65.4 Å². The molecule has 3 heterocycles. The van der Waals surface area contributed by atoms with Crippen LogP contribution in [0.2, 0.25) is 5.02 Å². The number of aromatic nitrogens is 2. The molecule has 4 rings (SSSR count). The zero-order valence-electron chi connectivity index (χ0n) is 15.4. The third-order valence-corrected chi connectivity index (χ3v) is 4.74. The first-order chi connectivity index (χ1) is 13.6. The van der Waals surface area contributed by atoms with Crippen LogP contribution in [0.25, 0.3) is 11.3 Å². The number of anilines is 2. The molecule has 0 unspecified atom stereocenters. The third-order valence-electron chi connectivity index (χ3n) is 4.51. The number of nitrogens with one attached hydrogen (secondary N) is 1. The number of aryl methyl sites for hydroxylation is 1. The number of carbonyl (C=O) groups is 1. The van der Waals surface area contributed by atoms with E-state index in [1.165, 1.54) is 0 Å². The number of hydrogen-bond donors (Lipinski definition) is 1. The minimum absolute atomic E-state index is 0.253. The highest BCUT2D eigenvalue weighted by Crippen LogP contribution is 2.33. The molecule has 0 spiro atoms. The lowest BCUT2D eigenvalue weighted by molar-refractivity contribution is 0.256.